The van der Waals surface area contributed by atoms with E-state index in [0.717, 1.165) is 37.2 Å². The van der Waals surface area contributed by atoms with Gasteiger partial charge in [-0.25, -0.2) is 4.52 Å². The van der Waals surface area contributed by atoms with E-state index in [1.807, 2.05) is 12.3 Å². The number of amides is 1. The van der Waals surface area contributed by atoms with Gasteiger partial charge in [0.1, 0.15) is 0 Å². The van der Waals surface area contributed by atoms with Crippen LogP contribution in [-0.2, 0) is 0 Å². The summed E-state index contributed by atoms with van der Waals surface area (Å²) in [5, 5.41) is 7.08. The molecule has 1 aliphatic rings. The summed E-state index contributed by atoms with van der Waals surface area (Å²) in [6, 6.07) is 5.78. The number of anilines is 2. The maximum atomic E-state index is 12.1. The minimum Gasteiger partial charge on any atom is -0.459 e. The molecule has 3 aromatic heterocycles. The van der Waals surface area contributed by atoms with E-state index in [-0.39, 0.29) is 17.6 Å². The second-order valence-electron chi connectivity index (χ2n) is 7.16. The topological polar surface area (TPSA) is 78.9 Å². The van der Waals surface area contributed by atoms with E-state index < -0.39 is 0 Å². The summed E-state index contributed by atoms with van der Waals surface area (Å²) in [4.78, 5) is 21.2. The van der Waals surface area contributed by atoms with Crippen molar-refractivity contribution in [1.29, 1.82) is 0 Å². The van der Waals surface area contributed by atoms with Crippen molar-refractivity contribution < 1.29 is 9.21 Å². The summed E-state index contributed by atoms with van der Waals surface area (Å²) in [5.41, 5.74) is 2.97. The number of carbonyl (C=O) groups excluding carboxylic acids is 1. The van der Waals surface area contributed by atoms with Gasteiger partial charge in [-0.3, -0.25) is 10.1 Å². The lowest BCUT2D eigenvalue weighted by Crippen LogP contribution is -2.42. The molecule has 0 atom stereocenters. The largest absolute Gasteiger partial charge is 0.459 e. The quantitative estimate of drug-likeness (QED) is 0.762. The van der Waals surface area contributed by atoms with E-state index >= 15 is 0 Å². The highest BCUT2D eigenvalue weighted by Gasteiger charge is 2.22. The van der Waals surface area contributed by atoms with Crippen LogP contribution < -0.4 is 10.2 Å². The van der Waals surface area contributed by atoms with E-state index in [9.17, 15) is 4.79 Å². The Bertz CT molecular complexity index is 941. The SMILES string of the molecule is Cc1cc2nc(NC(=O)c3ccco3)nn2cc1N(C)C1CCN(C)CC1. The standard InChI is InChI=1S/C19H24N6O2/c1-13-11-17-20-19(21-18(26)16-5-4-10-27-16)22-25(17)12-15(13)24(3)14-6-8-23(2)9-7-14/h4-5,10-12,14H,6-9H2,1-3H3,(H,21,22,26). The Morgan fingerprint density at radius 2 is 2.15 bits per heavy atom. The first kappa shape index (κ1) is 17.5. The highest BCUT2D eigenvalue weighted by molar-refractivity contribution is 6.01. The van der Waals surface area contributed by atoms with Crippen molar-refractivity contribution in [1.82, 2.24) is 19.5 Å². The van der Waals surface area contributed by atoms with Gasteiger partial charge in [0.05, 0.1) is 18.1 Å². The summed E-state index contributed by atoms with van der Waals surface area (Å²) >= 11 is 0. The fourth-order valence-electron chi connectivity index (χ4n) is 3.59. The van der Waals surface area contributed by atoms with Gasteiger partial charge >= 0.3 is 0 Å². The first-order chi connectivity index (χ1) is 13.0. The summed E-state index contributed by atoms with van der Waals surface area (Å²) in [7, 11) is 4.31. The summed E-state index contributed by atoms with van der Waals surface area (Å²) in [6.45, 7) is 4.31. The normalized spacial score (nSPS) is 16.0. The molecule has 1 aliphatic heterocycles. The van der Waals surface area contributed by atoms with Crippen molar-refractivity contribution >= 4 is 23.2 Å². The number of pyridine rings is 1. The zero-order chi connectivity index (χ0) is 19.0. The monoisotopic (exact) mass is 368 g/mol. The second kappa shape index (κ2) is 7.03. The van der Waals surface area contributed by atoms with Gasteiger partial charge in [-0.2, -0.15) is 4.98 Å². The molecule has 4 rings (SSSR count). The van der Waals surface area contributed by atoms with Crippen molar-refractivity contribution in [2.24, 2.45) is 0 Å². The van der Waals surface area contributed by atoms with Crippen molar-refractivity contribution in [3.05, 3.63) is 42.0 Å². The summed E-state index contributed by atoms with van der Waals surface area (Å²) in [5.74, 6) is 0.124. The molecule has 0 unspecified atom stereocenters. The average molecular weight is 368 g/mol. The van der Waals surface area contributed by atoms with Crippen LogP contribution in [-0.4, -0.2) is 58.6 Å². The first-order valence-electron chi connectivity index (χ1n) is 9.14. The molecule has 142 valence electrons. The summed E-state index contributed by atoms with van der Waals surface area (Å²) in [6.07, 6.45) is 5.73. The number of nitrogens with zero attached hydrogens (tertiary/aromatic N) is 5. The lowest BCUT2D eigenvalue weighted by atomic mass is 10.0. The predicted octanol–water partition coefficient (Wildman–Crippen LogP) is 2.41. The average Bonchev–Trinajstić information content (AvgIpc) is 3.30. The molecule has 0 saturated carbocycles. The van der Waals surface area contributed by atoms with E-state index in [1.54, 1.807) is 16.6 Å². The molecule has 4 heterocycles. The van der Waals surface area contributed by atoms with Crippen molar-refractivity contribution in [3.8, 4) is 0 Å². The van der Waals surface area contributed by atoms with Crippen LogP contribution in [0.1, 0.15) is 29.0 Å². The Hall–Kier alpha value is -2.87. The zero-order valence-corrected chi connectivity index (χ0v) is 15.8. The number of nitrogens with one attached hydrogen (secondary N) is 1. The number of fused-ring (bicyclic) bond motifs is 1. The van der Waals surface area contributed by atoms with Crippen LogP contribution in [0.15, 0.2) is 35.1 Å². The molecule has 0 radical (unpaired) electrons. The third-order valence-electron chi connectivity index (χ3n) is 5.24. The highest BCUT2D eigenvalue weighted by atomic mass is 16.3. The molecular weight excluding hydrogens is 344 g/mol. The first-order valence-corrected chi connectivity index (χ1v) is 9.14. The molecule has 0 aliphatic carbocycles. The Morgan fingerprint density at radius 1 is 1.37 bits per heavy atom. The Morgan fingerprint density at radius 3 is 2.85 bits per heavy atom. The zero-order valence-electron chi connectivity index (χ0n) is 15.8. The van der Waals surface area contributed by atoms with Crippen LogP contribution in [0.5, 0.6) is 0 Å². The van der Waals surface area contributed by atoms with Gasteiger partial charge in [-0.15, -0.1) is 5.10 Å². The Labute approximate surface area is 157 Å². The summed E-state index contributed by atoms with van der Waals surface area (Å²) < 4.78 is 6.82. The third-order valence-corrected chi connectivity index (χ3v) is 5.24. The Kier molecular flexibility index (Phi) is 4.57. The fourth-order valence-corrected chi connectivity index (χ4v) is 3.59. The van der Waals surface area contributed by atoms with E-state index in [4.69, 9.17) is 4.42 Å². The maximum absolute atomic E-state index is 12.1. The molecule has 27 heavy (non-hydrogen) atoms. The van der Waals surface area contributed by atoms with Gasteiger partial charge in [0.25, 0.3) is 5.91 Å². The molecule has 0 spiro atoms. The van der Waals surface area contributed by atoms with Crippen molar-refractivity contribution in [3.63, 3.8) is 0 Å². The number of carbonyl (C=O) groups is 1. The predicted molar refractivity (Wildman–Crippen MR) is 103 cm³/mol. The molecule has 0 bridgehead atoms. The van der Waals surface area contributed by atoms with E-state index in [0.29, 0.717) is 11.7 Å². The molecule has 0 aromatic carbocycles. The molecule has 8 heteroatoms. The van der Waals surface area contributed by atoms with Gasteiger partial charge in [0.2, 0.25) is 5.95 Å². The number of piperidine rings is 1. The molecular formula is C19H24N6O2. The molecule has 3 aromatic rings. The van der Waals surface area contributed by atoms with Crippen LogP contribution in [0.3, 0.4) is 0 Å². The van der Waals surface area contributed by atoms with E-state index in [2.05, 4.69) is 46.2 Å². The number of rotatable bonds is 4. The molecule has 1 amide bonds. The van der Waals surface area contributed by atoms with Crippen LogP contribution in [0.2, 0.25) is 0 Å². The van der Waals surface area contributed by atoms with Crippen molar-refractivity contribution in [2.45, 2.75) is 25.8 Å². The third kappa shape index (κ3) is 3.52. The Balaban J connectivity index is 1.56. The van der Waals surface area contributed by atoms with Gasteiger partial charge in [-0.05, 0) is 63.7 Å². The lowest BCUT2D eigenvalue weighted by Gasteiger charge is -2.36. The van der Waals surface area contributed by atoms with Crippen LogP contribution >= 0.6 is 0 Å². The molecule has 1 N–H and O–H groups in total. The number of furan rings is 1. The number of hydrogen-bond donors (Lipinski definition) is 1. The van der Waals surface area contributed by atoms with E-state index in [1.165, 1.54) is 6.26 Å². The van der Waals surface area contributed by atoms with Crippen LogP contribution in [0.4, 0.5) is 11.6 Å². The van der Waals surface area contributed by atoms with Crippen molar-refractivity contribution in [2.75, 3.05) is 37.4 Å². The van der Waals surface area contributed by atoms with Gasteiger partial charge in [0.15, 0.2) is 11.4 Å². The van der Waals surface area contributed by atoms with Gasteiger partial charge in [0, 0.05) is 13.1 Å². The smallest absolute Gasteiger partial charge is 0.293 e. The number of hydrogen-bond acceptors (Lipinski definition) is 6. The number of aromatic nitrogens is 3. The maximum Gasteiger partial charge on any atom is 0.293 e. The fraction of sp³-hybridized carbons (Fsp3) is 0.421. The molecule has 8 nitrogen and oxygen atoms in total. The van der Waals surface area contributed by atoms with Gasteiger partial charge in [-0.1, -0.05) is 0 Å². The minimum atomic E-state index is -0.365. The second-order valence-corrected chi connectivity index (χ2v) is 7.16. The number of aryl methyl sites for hydroxylation is 1. The number of likely N-dealkylation sites (tertiary alicyclic amines) is 1. The molecule has 1 fully saturated rings. The molecule has 1 saturated heterocycles. The van der Waals surface area contributed by atoms with Crippen LogP contribution in [0, 0.1) is 6.92 Å². The van der Waals surface area contributed by atoms with Crippen LogP contribution in [0.25, 0.3) is 5.65 Å². The minimum absolute atomic E-state index is 0.229. The van der Waals surface area contributed by atoms with Gasteiger partial charge < -0.3 is 14.2 Å². The lowest BCUT2D eigenvalue weighted by molar-refractivity contribution is 0.0996. The highest BCUT2D eigenvalue weighted by Crippen LogP contribution is 2.26.